The lowest BCUT2D eigenvalue weighted by Crippen LogP contribution is -2.08. The fourth-order valence-corrected chi connectivity index (χ4v) is 12.2. The number of pyridine rings is 2. The van der Waals surface area contributed by atoms with Gasteiger partial charge < -0.3 is 13.9 Å². The number of alkyl halides is 3. The van der Waals surface area contributed by atoms with Crippen molar-refractivity contribution in [2.45, 2.75) is 59.5 Å². The summed E-state index contributed by atoms with van der Waals surface area (Å²) in [4.78, 5) is 19.3. The Bertz CT molecular complexity index is 2460. The number of fused-ring (bicyclic) bond motifs is 4. The molecule has 0 saturated heterocycles. The van der Waals surface area contributed by atoms with Crippen LogP contribution in [0.5, 0.6) is 5.75 Å². The summed E-state index contributed by atoms with van der Waals surface area (Å²) in [6.45, 7) is 4.69. The maximum atomic E-state index is 13.0. The predicted molar refractivity (Wildman–Crippen MR) is 214 cm³/mol. The molecule has 0 bridgehead atoms. The minimum absolute atomic E-state index is 0.256. The Labute approximate surface area is 331 Å². The maximum absolute atomic E-state index is 13.0. The van der Waals surface area contributed by atoms with Crippen molar-refractivity contribution in [2.75, 3.05) is 26.1 Å². The highest BCUT2D eigenvalue weighted by Gasteiger charge is 2.34. The Hall–Kier alpha value is -3.87. The number of hydrogen-bond donors (Lipinski definition) is 0. The normalized spacial score (nSPS) is 15.9. The molecule has 0 N–H and O–H groups in total. The number of aryl methyl sites for hydroxylation is 1. The SMILES string of the molecule is CC.COCCOc1cc(-c2ccc(C(F)(F)F)s2)nc2sc3c(c12)CCCS3=O.O=S(c1nc2c(-c3ccccc3)cc(-c3ncco3)nc2s1)C1CC1. The Morgan fingerprint density at radius 2 is 1.75 bits per heavy atom. The summed E-state index contributed by atoms with van der Waals surface area (Å²) in [5.41, 5.74) is 4.84. The van der Waals surface area contributed by atoms with Crippen LogP contribution in [0.1, 0.15) is 43.6 Å². The molecule has 0 spiro atoms. The van der Waals surface area contributed by atoms with E-state index >= 15 is 0 Å². The van der Waals surface area contributed by atoms with Gasteiger partial charge in [-0.15, -0.1) is 22.7 Å². The molecule has 2 aliphatic rings. The molecule has 2 atom stereocenters. The molecule has 1 saturated carbocycles. The zero-order valence-electron chi connectivity index (χ0n) is 29.9. The molecule has 7 aromatic rings. The molecule has 9 rings (SSSR count). The Balaban J connectivity index is 0.000000163. The van der Waals surface area contributed by atoms with E-state index in [0.717, 1.165) is 68.4 Å². The van der Waals surface area contributed by atoms with Gasteiger partial charge >= 0.3 is 6.18 Å². The molecule has 0 amide bonds. The van der Waals surface area contributed by atoms with Crippen molar-refractivity contribution in [3.8, 4) is 39.0 Å². The molecule has 288 valence electrons. The molecule has 1 aromatic carbocycles. The Morgan fingerprint density at radius 1 is 0.964 bits per heavy atom. The highest BCUT2D eigenvalue weighted by Crippen LogP contribution is 2.45. The minimum Gasteiger partial charge on any atom is -0.490 e. The van der Waals surface area contributed by atoms with Crippen LogP contribution in [-0.4, -0.2) is 59.7 Å². The summed E-state index contributed by atoms with van der Waals surface area (Å²) in [6, 6.07) is 16.1. The lowest BCUT2D eigenvalue weighted by molar-refractivity contribution is -0.134. The number of thiophene rings is 2. The van der Waals surface area contributed by atoms with Crippen LogP contribution in [0.25, 0.3) is 53.8 Å². The smallest absolute Gasteiger partial charge is 0.425 e. The predicted octanol–water partition coefficient (Wildman–Crippen LogP) is 10.4. The number of halogens is 3. The van der Waals surface area contributed by atoms with E-state index in [9.17, 15) is 21.6 Å². The Morgan fingerprint density at radius 3 is 2.44 bits per heavy atom. The third-order valence-electron chi connectivity index (χ3n) is 8.42. The van der Waals surface area contributed by atoms with Crippen LogP contribution >= 0.6 is 34.0 Å². The third-order valence-corrected chi connectivity index (χ3v) is 15.6. The van der Waals surface area contributed by atoms with Crippen LogP contribution in [-0.2, 0) is 38.9 Å². The van der Waals surface area contributed by atoms with Gasteiger partial charge in [0.05, 0.1) is 54.6 Å². The van der Waals surface area contributed by atoms with Gasteiger partial charge in [-0.25, -0.2) is 19.9 Å². The summed E-state index contributed by atoms with van der Waals surface area (Å²) in [7, 11) is -0.540. The van der Waals surface area contributed by atoms with E-state index in [1.807, 2.05) is 50.2 Å². The molecule has 1 aliphatic heterocycles. The minimum atomic E-state index is -4.39. The average molecular weight is 845 g/mol. The van der Waals surface area contributed by atoms with Gasteiger partial charge in [-0.3, -0.25) is 8.42 Å². The lowest BCUT2D eigenvalue weighted by Gasteiger charge is -2.13. The Kier molecular flexibility index (Phi) is 12.2. The fraction of sp³-hybridized carbons (Fsp3) is 0.316. The fourth-order valence-electron chi connectivity index (χ4n) is 5.79. The molecule has 2 unspecified atom stereocenters. The van der Waals surface area contributed by atoms with Crippen LogP contribution in [0, 0.1) is 0 Å². The highest BCUT2D eigenvalue weighted by atomic mass is 32.2. The van der Waals surface area contributed by atoms with Gasteiger partial charge in [0.25, 0.3) is 0 Å². The number of benzene rings is 1. The van der Waals surface area contributed by atoms with Gasteiger partial charge in [0.1, 0.15) is 44.4 Å². The van der Waals surface area contributed by atoms with E-state index in [0.29, 0.717) is 67.4 Å². The first-order chi connectivity index (χ1) is 26.7. The molecular formula is C38H35F3N4O5S5. The average Bonchev–Trinajstić information content (AvgIpc) is 3.62. The number of thiazole rings is 1. The number of rotatable bonds is 9. The topological polar surface area (TPSA) is 117 Å². The third kappa shape index (κ3) is 8.61. The molecule has 6 aromatic heterocycles. The highest BCUT2D eigenvalue weighted by molar-refractivity contribution is 7.88. The van der Waals surface area contributed by atoms with E-state index < -0.39 is 32.7 Å². The number of hydrogen-bond acceptors (Lipinski definition) is 12. The number of nitrogens with zero attached hydrogens (tertiary/aromatic N) is 4. The quantitative estimate of drug-likeness (QED) is 0.131. The largest absolute Gasteiger partial charge is 0.490 e. The number of ether oxygens (including phenoxy) is 2. The van der Waals surface area contributed by atoms with E-state index in [2.05, 4.69) is 19.9 Å². The van der Waals surface area contributed by atoms with Gasteiger partial charge in [0.2, 0.25) is 5.89 Å². The number of methoxy groups -OCH3 is 1. The van der Waals surface area contributed by atoms with Gasteiger partial charge in [0.15, 0.2) is 4.34 Å². The lowest BCUT2D eigenvalue weighted by atomic mass is 10.1. The van der Waals surface area contributed by atoms with Gasteiger partial charge in [-0.2, -0.15) is 13.2 Å². The standard InChI is InChI=1S/C18H16F3NO3S3.C18H13N3O2S2.C2H6/c1-24-6-7-25-12-9-11(13-4-5-14(26-13)18(19,20)21)22-16-15(12)10-3-2-8-28(23)17(10)27-16;22-25(12-6-7-12)18-21-15-13(11-4-2-1-3-5-11)10-14(20-17(15)24-18)16-19-8-9-23-16;1-2/h4-5,9H,2-3,6-8H2,1H3;1-5,8-10,12H,6-7H2;1-2H3. The second kappa shape index (κ2) is 17.1. The zero-order valence-corrected chi connectivity index (χ0v) is 34.0. The van der Waals surface area contributed by atoms with Crippen molar-refractivity contribution in [3.63, 3.8) is 0 Å². The number of aromatic nitrogens is 4. The summed E-state index contributed by atoms with van der Waals surface area (Å²) >= 11 is 3.40. The molecule has 1 fully saturated rings. The maximum Gasteiger partial charge on any atom is 0.425 e. The molecule has 9 nitrogen and oxygen atoms in total. The van der Waals surface area contributed by atoms with Crippen molar-refractivity contribution in [1.82, 2.24) is 19.9 Å². The molecule has 55 heavy (non-hydrogen) atoms. The molecule has 17 heteroatoms. The first-order valence-electron chi connectivity index (χ1n) is 17.5. The van der Waals surface area contributed by atoms with E-state index in [1.165, 1.54) is 35.0 Å². The molecule has 7 heterocycles. The van der Waals surface area contributed by atoms with E-state index in [1.54, 1.807) is 19.4 Å². The molecule has 1 aliphatic carbocycles. The summed E-state index contributed by atoms with van der Waals surface area (Å²) < 4.78 is 81.6. The van der Waals surface area contributed by atoms with Crippen molar-refractivity contribution >= 4 is 76.2 Å². The van der Waals surface area contributed by atoms with Crippen molar-refractivity contribution < 1.29 is 35.5 Å². The van der Waals surface area contributed by atoms with Gasteiger partial charge in [-0.05, 0) is 55.0 Å². The van der Waals surface area contributed by atoms with Crippen LogP contribution in [0.3, 0.4) is 0 Å². The second-order valence-electron chi connectivity index (χ2n) is 12.1. The van der Waals surface area contributed by atoms with Crippen LogP contribution < -0.4 is 4.74 Å². The van der Waals surface area contributed by atoms with Crippen LogP contribution in [0.4, 0.5) is 13.2 Å². The summed E-state index contributed by atoms with van der Waals surface area (Å²) in [5, 5.41) is 1.08. The molecule has 0 radical (unpaired) electrons. The van der Waals surface area contributed by atoms with Crippen molar-refractivity contribution in [2.24, 2.45) is 0 Å². The second-order valence-corrected chi connectivity index (χ2v) is 18.8. The monoisotopic (exact) mass is 844 g/mol. The summed E-state index contributed by atoms with van der Waals surface area (Å²) in [6.07, 6.45) is 2.40. The van der Waals surface area contributed by atoms with Crippen molar-refractivity contribution in [1.29, 1.82) is 0 Å². The zero-order chi connectivity index (χ0) is 38.7. The summed E-state index contributed by atoms with van der Waals surface area (Å²) in [5.74, 6) is 1.64. The van der Waals surface area contributed by atoms with Crippen molar-refractivity contribution in [3.05, 3.63) is 77.5 Å². The molecular weight excluding hydrogens is 810 g/mol. The number of oxazole rings is 1. The first kappa shape index (κ1) is 39.4. The first-order valence-corrected chi connectivity index (χ1v) is 22.5. The van der Waals surface area contributed by atoms with Crippen LogP contribution in [0.2, 0.25) is 0 Å². The van der Waals surface area contributed by atoms with Gasteiger partial charge in [0, 0.05) is 29.7 Å². The van der Waals surface area contributed by atoms with E-state index in [-0.39, 0.29) is 5.25 Å². The van der Waals surface area contributed by atoms with Crippen LogP contribution in [0.15, 0.2) is 80.0 Å². The van der Waals surface area contributed by atoms with E-state index in [4.69, 9.17) is 13.9 Å². The van der Waals surface area contributed by atoms with Gasteiger partial charge in [-0.1, -0.05) is 55.5 Å².